The van der Waals surface area contributed by atoms with Crippen molar-refractivity contribution in [2.75, 3.05) is 0 Å². The Morgan fingerprint density at radius 1 is 0.909 bits per heavy atom. The lowest BCUT2D eigenvalue weighted by Crippen LogP contribution is -2.08. The number of carboxylic acid groups (broad SMARTS) is 1. The molecule has 22 heavy (non-hydrogen) atoms. The topological polar surface area (TPSA) is 74.6 Å². The van der Waals surface area contributed by atoms with Crippen LogP contribution >= 0.6 is 0 Å². The predicted molar refractivity (Wildman–Crippen MR) is 88.9 cm³/mol. The van der Waals surface area contributed by atoms with E-state index in [1.807, 2.05) is 12.2 Å². The summed E-state index contributed by atoms with van der Waals surface area (Å²) in [6, 6.07) is 0. The van der Waals surface area contributed by atoms with Gasteiger partial charge in [-0.2, -0.15) is 0 Å². The maximum absolute atomic E-state index is 11.7. The van der Waals surface area contributed by atoms with Crippen LogP contribution in [0, 0.1) is 0 Å². The van der Waals surface area contributed by atoms with Crippen LogP contribution in [0.4, 0.5) is 0 Å². The lowest BCUT2D eigenvalue weighted by molar-refractivity contribution is -0.137. The normalized spacial score (nSPS) is 12.6. The number of allylic oxidation sites excluding steroid dienone is 1. The number of carboxylic acids is 1. The van der Waals surface area contributed by atoms with Gasteiger partial charge in [0, 0.05) is 19.3 Å². The fourth-order valence-corrected chi connectivity index (χ4v) is 2.30. The molecule has 0 aliphatic rings. The molecule has 0 heterocycles. The molecule has 0 saturated carbocycles. The molecule has 0 amide bonds. The van der Waals surface area contributed by atoms with E-state index in [1.165, 1.54) is 0 Å². The van der Waals surface area contributed by atoms with E-state index in [2.05, 4.69) is 6.92 Å². The van der Waals surface area contributed by atoms with Gasteiger partial charge in [-0.05, 0) is 32.1 Å². The van der Waals surface area contributed by atoms with Crippen LogP contribution in [0.1, 0.15) is 84.0 Å². The Bertz CT molecular complexity index is 323. The van der Waals surface area contributed by atoms with Crippen LogP contribution < -0.4 is 0 Å². The highest BCUT2D eigenvalue weighted by Crippen LogP contribution is 2.11. The number of hydrogen-bond acceptors (Lipinski definition) is 3. The molecule has 0 aliphatic heterocycles. The van der Waals surface area contributed by atoms with Gasteiger partial charge in [-0.1, -0.05) is 44.8 Å². The highest BCUT2D eigenvalue weighted by atomic mass is 16.4. The number of aliphatic hydroxyl groups is 1. The maximum atomic E-state index is 11.7. The van der Waals surface area contributed by atoms with Crippen molar-refractivity contribution >= 4 is 11.8 Å². The third-order valence-corrected chi connectivity index (χ3v) is 3.66. The van der Waals surface area contributed by atoms with E-state index in [1.54, 1.807) is 0 Å². The summed E-state index contributed by atoms with van der Waals surface area (Å²) in [6.07, 6.45) is 12.9. The lowest BCUT2D eigenvalue weighted by Gasteiger charge is -2.07. The Labute approximate surface area is 134 Å². The molecule has 128 valence electrons. The minimum Gasteiger partial charge on any atom is -0.481 e. The number of ketones is 1. The molecule has 2 N–H and O–H groups in total. The first-order valence-corrected chi connectivity index (χ1v) is 8.62. The molecule has 0 aliphatic carbocycles. The number of unbranched alkanes of at least 4 members (excludes halogenated alkanes) is 5. The van der Waals surface area contributed by atoms with Crippen molar-refractivity contribution in [3.05, 3.63) is 12.2 Å². The smallest absolute Gasteiger partial charge is 0.303 e. The summed E-state index contributed by atoms with van der Waals surface area (Å²) < 4.78 is 0. The van der Waals surface area contributed by atoms with Gasteiger partial charge in [0.05, 0.1) is 6.10 Å². The number of Topliss-reactive ketones (excluding diaryl/α,β-unsaturated/α-hetero) is 1. The van der Waals surface area contributed by atoms with E-state index in [0.717, 1.165) is 44.9 Å². The first kappa shape index (κ1) is 20.8. The van der Waals surface area contributed by atoms with E-state index in [0.29, 0.717) is 25.7 Å². The summed E-state index contributed by atoms with van der Waals surface area (Å²) in [5.41, 5.74) is 0. The molecule has 1 atom stereocenters. The highest BCUT2D eigenvalue weighted by molar-refractivity contribution is 5.78. The van der Waals surface area contributed by atoms with Crippen molar-refractivity contribution in [1.29, 1.82) is 0 Å². The van der Waals surface area contributed by atoms with Gasteiger partial charge in [0.2, 0.25) is 0 Å². The van der Waals surface area contributed by atoms with Crippen LogP contribution in [0.3, 0.4) is 0 Å². The summed E-state index contributed by atoms with van der Waals surface area (Å²) in [7, 11) is 0. The van der Waals surface area contributed by atoms with Crippen molar-refractivity contribution in [1.82, 2.24) is 0 Å². The predicted octanol–water partition coefficient (Wildman–Crippen LogP) is 4.26. The monoisotopic (exact) mass is 312 g/mol. The zero-order chi connectivity index (χ0) is 16.6. The fraction of sp³-hybridized carbons (Fsp3) is 0.778. The molecule has 0 aromatic heterocycles. The van der Waals surface area contributed by atoms with E-state index in [9.17, 15) is 14.7 Å². The summed E-state index contributed by atoms with van der Waals surface area (Å²) in [5, 5.41) is 18.2. The van der Waals surface area contributed by atoms with Crippen molar-refractivity contribution in [2.45, 2.75) is 90.1 Å². The van der Waals surface area contributed by atoms with Gasteiger partial charge in [-0.15, -0.1) is 0 Å². The highest BCUT2D eigenvalue weighted by Gasteiger charge is 2.07. The number of aliphatic carboxylic acids is 1. The SMILES string of the molecule is CC/C=C\CC(O)CCC(=O)CCCCCCCCC(=O)O. The quantitative estimate of drug-likeness (QED) is 0.350. The van der Waals surface area contributed by atoms with Gasteiger partial charge in [0.25, 0.3) is 0 Å². The number of hydrogen-bond donors (Lipinski definition) is 2. The van der Waals surface area contributed by atoms with Gasteiger partial charge in [-0.3, -0.25) is 9.59 Å². The molecule has 4 nitrogen and oxygen atoms in total. The molecule has 4 heteroatoms. The summed E-state index contributed by atoms with van der Waals surface area (Å²) in [4.78, 5) is 22.0. The Balaban J connectivity index is 3.39. The Morgan fingerprint density at radius 3 is 2.09 bits per heavy atom. The minimum atomic E-state index is -0.724. The second-order valence-corrected chi connectivity index (χ2v) is 5.86. The lowest BCUT2D eigenvalue weighted by atomic mass is 10.0. The second-order valence-electron chi connectivity index (χ2n) is 5.86. The zero-order valence-electron chi connectivity index (χ0n) is 13.9. The average molecular weight is 312 g/mol. The number of carbonyl (C=O) groups is 2. The van der Waals surface area contributed by atoms with E-state index in [4.69, 9.17) is 5.11 Å². The third-order valence-electron chi connectivity index (χ3n) is 3.66. The van der Waals surface area contributed by atoms with Crippen LogP contribution in [0.15, 0.2) is 12.2 Å². The molecule has 0 aromatic carbocycles. The molecule has 0 spiro atoms. The molecular weight excluding hydrogens is 280 g/mol. The van der Waals surface area contributed by atoms with Gasteiger partial charge in [-0.25, -0.2) is 0 Å². The number of aliphatic hydroxyl groups excluding tert-OH is 1. The van der Waals surface area contributed by atoms with Gasteiger partial charge in [0.15, 0.2) is 0 Å². The van der Waals surface area contributed by atoms with E-state index >= 15 is 0 Å². The Morgan fingerprint density at radius 2 is 1.50 bits per heavy atom. The maximum Gasteiger partial charge on any atom is 0.303 e. The Hall–Kier alpha value is -1.16. The van der Waals surface area contributed by atoms with E-state index in [-0.39, 0.29) is 12.2 Å². The third kappa shape index (κ3) is 15.2. The largest absolute Gasteiger partial charge is 0.481 e. The van der Waals surface area contributed by atoms with Crippen molar-refractivity contribution in [2.24, 2.45) is 0 Å². The molecule has 1 unspecified atom stereocenters. The van der Waals surface area contributed by atoms with Crippen LogP contribution in [-0.2, 0) is 9.59 Å². The van der Waals surface area contributed by atoms with Crippen LogP contribution in [-0.4, -0.2) is 28.1 Å². The summed E-state index contributed by atoms with van der Waals surface area (Å²) in [5.74, 6) is -0.484. The van der Waals surface area contributed by atoms with Gasteiger partial charge < -0.3 is 10.2 Å². The number of rotatable bonds is 15. The molecule has 0 radical (unpaired) electrons. The molecule has 0 bridgehead atoms. The first-order chi connectivity index (χ1) is 10.6. The molecule has 0 rings (SSSR count). The average Bonchev–Trinajstić information content (AvgIpc) is 2.47. The Kier molecular flexibility index (Phi) is 14.0. The first-order valence-electron chi connectivity index (χ1n) is 8.62. The molecule has 0 saturated heterocycles. The van der Waals surface area contributed by atoms with Gasteiger partial charge in [0.1, 0.15) is 5.78 Å². The van der Waals surface area contributed by atoms with Crippen LogP contribution in [0.2, 0.25) is 0 Å². The second kappa shape index (κ2) is 14.8. The summed E-state index contributed by atoms with van der Waals surface area (Å²) in [6.45, 7) is 2.05. The van der Waals surface area contributed by atoms with Crippen molar-refractivity contribution in [3.8, 4) is 0 Å². The number of carbonyl (C=O) groups excluding carboxylic acids is 1. The van der Waals surface area contributed by atoms with Crippen molar-refractivity contribution < 1.29 is 19.8 Å². The fourth-order valence-electron chi connectivity index (χ4n) is 2.30. The minimum absolute atomic E-state index is 0.240. The molecule has 0 aromatic rings. The van der Waals surface area contributed by atoms with E-state index < -0.39 is 12.1 Å². The van der Waals surface area contributed by atoms with Crippen LogP contribution in [0.25, 0.3) is 0 Å². The zero-order valence-corrected chi connectivity index (χ0v) is 13.9. The van der Waals surface area contributed by atoms with Crippen LogP contribution in [0.5, 0.6) is 0 Å². The van der Waals surface area contributed by atoms with Crippen molar-refractivity contribution in [3.63, 3.8) is 0 Å². The molecule has 0 fully saturated rings. The summed E-state index contributed by atoms with van der Waals surface area (Å²) >= 11 is 0. The molecular formula is C18H32O4. The van der Waals surface area contributed by atoms with Gasteiger partial charge >= 0.3 is 5.97 Å². The standard InChI is InChI=1S/C18H32O4/c1-2-3-8-11-16(19)14-15-17(20)12-9-6-4-5-7-10-13-18(21)22/h3,8,16,19H,2,4-7,9-15H2,1H3,(H,21,22)/b8-3-.